The summed E-state index contributed by atoms with van der Waals surface area (Å²) in [6, 6.07) is 14.9. The van der Waals surface area contributed by atoms with Crippen LogP contribution >= 0.6 is 0 Å². The molecule has 8 atom stereocenters. The van der Waals surface area contributed by atoms with E-state index >= 15 is 0 Å². The number of hydrogen-bond donors (Lipinski definition) is 6. The maximum atomic E-state index is 11.8. The predicted molar refractivity (Wildman–Crippen MR) is 137 cm³/mol. The summed E-state index contributed by atoms with van der Waals surface area (Å²) in [7, 11) is 1.60. The molecule has 10 nitrogen and oxygen atoms in total. The van der Waals surface area contributed by atoms with Crippen molar-refractivity contribution in [1.82, 2.24) is 5.32 Å². The zero-order chi connectivity index (χ0) is 27.2. The second kappa shape index (κ2) is 13.0. The Hall–Kier alpha value is -2.57. The lowest BCUT2D eigenvalue weighted by atomic mass is 9.83. The Labute approximate surface area is 221 Å². The first-order chi connectivity index (χ1) is 18.3. The van der Waals surface area contributed by atoms with Crippen molar-refractivity contribution in [3.63, 3.8) is 0 Å². The van der Waals surface area contributed by atoms with Gasteiger partial charge in [-0.25, -0.2) is 0 Å². The molecule has 208 valence electrons. The third-order valence-corrected chi connectivity index (χ3v) is 7.23. The molecular weight excluding hydrogens is 494 g/mol. The molecule has 10 heteroatoms. The minimum Gasteiger partial charge on any atom is -0.462 e. The fraction of sp³-hybridized carbons (Fsp3) is 0.536. The molecule has 2 heterocycles. The third kappa shape index (κ3) is 6.89. The van der Waals surface area contributed by atoms with Gasteiger partial charge >= 0.3 is 0 Å². The second-order valence-corrected chi connectivity index (χ2v) is 10.00. The smallest absolute Gasteiger partial charge is 0.226 e. The van der Waals surface area contributed by atoms with E-state index in [1.165, 1.54) is 0 Å². The van der Waals surface area contributed by atoms with Crippen molar-refractivity contribution >= 4 is 5.91 Å². The fourth-order valence-corrected chi connectivity index (χ4v) is 5.14. The molecule has 2 aromatic rings. The van der Waals surface area contributed by atoms with E-state index in [9.17, 15) is 30.3 Å². The van der Waals surface area contributed by atoms with Crippen molar-refractivity contribution in [2.24, 2.45) is 5.92 Å². The van der Waals surface area contributed by atoms with Crippen molar-refractivity contribution in [1.29, 1.82) is 0 Å². The predicted octanol–water partition coefficient (Wildman–Crippen LogP) is 0.367. The van der Waals surface area contributed by atoms with Gasteiger partial charge in [-0.15, -0.1) is 0 Å². The van der Waals surface area contributed by atoms with Crippen molar-refractivity contribution in [2.45, 2.75) is 68.6 Å². The molecule has 0 saturated carbocycles. The molecule has 2 aliphatic rings. The fourth-order valence-electron chi connectivity index (χ4n) is 5.14. The first kappa shape index (κ1) is 28.4. The number of hydrogen-bond acceptors (Lipinski definition) is 9. The zero-order valence-corrected chi connectivity index (χ0v) is 21.3. The van der Waals surface area contributed by atoms with Crippen LogP contribution < -0.4 is 10.1 Å². The number of likely N-dealkylation sites (N-methyl/N-ethyl adjacent to an activating group) is 1. The van der Waals surface area contributed by atoms with Gasteiger partial charge in [0.15, 0.2) is 0 Å². The highest BCUT2D eigenvalue weighted by molar-refractivity contribution is 5.79. The van der Waals surface area contributed by atoms with Gasteiger partial charge in [-0.3, -0.25) is 4.79 Å². The topological polar surface area (TPSA) is 158 Å². The number of benzene rings is 2. The van der Waals surface area contributed by atoms with Crippen LogP contribution in [0.5, 0.6) is 5.75 Å². The summed E-state index contributed by atoms with van der Waals surface area (Å²) >= 11 is 0. The second-order valence-electron chi connectivity index (χ2n) is 10.00. The quantitative estimate of drug-likeness (QED) is 0.269. The number of carbonyl (C=O) groups excluding carboxylic acids is 1. The minimum atomic E-state index is -1.16. The molecule has 2 aliphatic heterocycles. The zero-order valence-electron chi connectivity index (χ0n) is 21.3. The van der Waals surface area contributed by atoms with Gasteiger partial charge in [0.1, 0.15) is 18.0 Å². The van der Waals surface area contributed by atoms with Crippen LogP contribution in [0.3, 0.4) is 0 Å². The summed E-state index contributed by atoms with van der Waals surface area (Å²) in [6.07, 6.45) is -5.49. The van der Waals surface area contributed by atoms with Crippen molar-refractivity contribution in [2.75, 3.05) is 20.3 Å². The SMILES string of the molecule is CNC(=O)Cc1cccc(-c2cccc(OC3OC(CO)CC(CC4OC(CO)CC(O)C4O)C3O)c2)c1. The number of aliphatic hydroxyl groups is 5. The van der Waals surface area contributed by atoms with Crippen molar-refractivity contribution < 1.29 is 44.5 Å². The largest absolute Gasteiger partial charge is 0.462 e. The van der Waals surface area contributed by atoms with E-state index in [0.717, 1.165) is 16.7 Å². The van der Waals surface area contributed by atoms with E-state index in [4.69, 9.17) is 14.2 Å². The first-order valence-electron chi connectivity index (χ1n) is 12.9. The molecule has 2 fully saturated rings. The van der Waals surface area contributed by atoms with Gasteiger partial charge in [0.25, 0.3) is 0 Å². The molecule has 0 aliphatic carbocycles. The molecule has 6 N–H and O–H groups in total. The van der Waals surface area contributed by atoms with E-state index < -0.39 is 48.8 Å². The lowest BCUT2D eigenvalue weighted by Gasteiger charge is -2.42. The molecule has 38 heavy (non-hydrogen) atoms. The Morgan fingerprint density at radius 3 is 2.34 bits per heavy atom. The molecule has 8 unspecified atom stereocenters. The van der Waals surface area contributed by atoms with Gasteiger partial charge in [0.05, 0.1) is 44.1 Å². The van der Waals surface area contributed by atoms with E-state index in [-0.39, 0.29) is 38.4 Å². The third-order valence-electron chi connectivity index (χ3n) is 7.23. The van der Waals surface area contributed by atoms with Gasteiger partial charge in [0.2, 0.25) is 12.2 Å². The van der Waals surface area contributed by atoms with Gasteiger partial charge in [-0.2, -0.15) is 0 Å². The summed E-state index contributed by atoms with van der Waals surface area (Å²) in [5.41, 5.74) is 2.62. The highest BCUT2D eigenvalue weighted by Crippen LogP contribution is 2.35. The highest BCUT2D eigenvalue weighted by atomic mass is 16.7. The summed E-state index contributed by atoms with van der Waals surface area (Å²) in [4.78, 5) is 11.8. The van der Waals surface area contributed by atoms with E-state index in [0.29, 0.717) is 12.2 Å². The summed E-state index contributed by atoms with van der Waals surface area (Å²) < 4.78 is 17.6. The van der Waals surface area contributed by atoms with Crippen LogP contribution in [0.1, 0.15) is 24.8 Å². The van der Waals surface area contributed by atoms with Crippen molar-refractivity contribution in [3.05, 3.63) is 54.1 Å². The maximum absolute atomic E-state index is 11.8. The summed E-state index contributed by atoms with van der Waals surface area (Å²) in [5.74, 6) is -0.0896. The monoisotopic (exact) mass is 531 g/mol. The summed E-state index contributed by atoms with van der Waals surface area (Å²) in [5, 5.41) is 53.6. The van der Waals surface area contributed by atoms with Crippen LogP contribution in [0, 0.1) is 5.92 Å². The van der Waals surface area contributed by atoms with E-state index in [2.05, 4.69) is 5.32 Å². The van der Waals surface area contributed by atoms with Gasteiger partial charge in [-0.1, -0.05) is 36.4 Å². The molecule has 0 bridgehead atoms. The van der Waals surface area contributed by atoms with E-state index in [1.54, 1.807) is 13.1 Å². The normalized spacial score (nSPS) is 31.5. The molecule has 1 amide bonds. The van der Waals surface area contributed by atoms with Crippen LogP contribution in [-0.4, -0.2) is 94.6 Å². The minimum absolute atomic E-state index is 0.0804. The number of carbonyl (C=O) groups is 1. The Morgan fingerprint density at radius 1 is 0.947 bits per heavy atom. The van der Waals surface area contributed by atoms with E-state index in [1.807, 2.05) is 42.5 Å². The molecule has 0 radical (unpaired) electrons. The number of nitrogens with one attached hydrogen (secondary N) is 1. The highest BCUT2D eigenvalue weighted by Gasteiger charge is 2.44. The maximum Gasteiger partial charge on any atom is 0.226 e. The van der Waals surface area contributed by atoms with Gasteiger partial charge < -0.3 is 45.1 Å². The van der Waals surface area contributed by atoms with Gasteiger partial charge in [-0.05, 0) is 47.6 Å². The molecule has 0 spiro atoms. The average Bonchev–Trinajstić information content (AvgIpc) is 2.93. The lowest BCUT2D eigenvalue weighted by molar-refractivity contribution is -0.240. The van der Waals surface area contributed by atoms with Crippen LogP contribution in [0.2, 0.25) is 0 Å². The molecule has 2 saturated heterocycles. The first-order valence-corrected chi connectivity index (χ1v) is 12.9. The number of aliphatic hydroxyl groups excluding tert-OH is 5. The van der Waals surface area contributed by atoms with Crippen molar-refractivity contribution in [3.8, 4) is 16.9 Å². The molecule has 4 rings (SSSR count). The average molecular weight is 532 g/mol. The van der Waals surface area contributed by atoms with Crippen LogP contribution in [-0.2, 0) is 20.7 Å². The lowest BCUT2D eigenvalue weighted by Crippen LogP contribution is -2.54. The van der Waals surface area contributed by atoms with Crippen LogP contribution in [0.25, 0.3) is 11.1 Å². The Kier molecular flexibility index (Phi) is 9.72. The Bertz CT molecular complexity index is 1070. The molecule has 0 aromatic heterocycles. The van der Waals surface area contributed by atoms with Crippen LogP contribution in [0.4, 0.5) is 0 Å². The number of ether oxygens (including phenoxy) is 3. The molecular formula is C28H37NO9. The number of amides is 1. The Balaban J connectivity index is 1.48. The number of rotatable bonds is 9. The summed E-state index contributed by atoms with van der Waals surface area (Å²) in [6.45, 7) is -0.566. The Morgan fingerprint density at radius 2 is 1.63 bits per heavy atom. The van der Waals surface area contributed by atoms with Crippen LogP contribution in [0.15, 0.2) is 48.5 Å². The van der Waals surface area contributed by atoms with Gasteiger partial charge in [0, 0.05) is 13.5 Å². The standard InChI is InChI=1S/C28H37NO9/c1-29-25(33)9-16-4-2-5-17(8-16)18-6-3-7-20(10-18)37-28-26(34)19(11-21(14-30)38-28)12-24-27(35)23(32)13-22(15-31)36-24/h2-8,10,19,21-24,26-28,30-32,34-35H,9,11-15H2,1H3,(H,29,33). The molecule has 2 aromatic carbocycles.